The Kier molecular flexibility index (Phi) is 6.68. The highest BCUT2D eigenvalue weighted by molar-refractivity contribution is 7.80. The first-order valence-electron chi connectivity index (χ1n) is 6.79. The maximum Gasteiger partial charge on any atom is 0.222 e. The second kappa shape index (κ2) is 7.77. The lowest BCUT2D eigenvalue weighted by atomic mass is 10.1. The van der Waals surface area contributed by atoms with Crippen LogP contribution in [0.4, 0.5) is 0 Å². The van der Waals surface area contributed by atoms with E-state index in [0.717, 1.165) is 32.6 Å². The zero-order valence-electron chi connectivity index (χ0n) is 12.1. The van der Waals surface area contributed by atoms with Crippen LogP contribution in [0, 0.1) is 0 Å². The summed E-state index contributed by atoms with van der Waals surface area (Å²) in [6, 6.07) is 0.112. The van der Waals surface area contributed by atoms with Crippen LogP contribution in [-0.4, -0.2) is 66.1 Å². The van der Waals surface area contributed by atoms with Gasteiger partial charge in [-0.3, -0.25) is 9.69 Å². The number of ether oxygens (including phenoxy) is 1. The summed E-state index contributed by atoms with van der Waals surface area (Å²) in [5.41, 5.74) is 5.65. The molecule has 1 aliphatic heterocycles. The van der Waals surface area contributed by atoms with Gasteiger partial charge in [0, 0.05) is 39.7 Å². The van der Waals surface area contributed by atoms with Crippen molar-refractivity contribution in [2.45, 2.75) is 38.8 Å². The lowest BCUT2D eigenvalue weighted by Gasteiger charge is -2.37. The number of hydrogen-bond acceptors (Lipinski definition) is 4. The van der Waals surface area contributed by atoms with Gasteiger partial charge in [0.05, 0.1) is 17.1 Å². The summed E-state index contributed by atoms with van der Waals surface area (Å²) in [7, 11) is 1.67. The number of thiocarbonyl (C=S) groups is 1. The summed E-state index contributed by atoms with van der Waals surface area (Å²) in [6.07, 6.45) is 1.47. The van der Waals surface area contributed by atoms with Crippen molar-refractivity contribution in [3.8, 4) is 0 Å². The highest BCUT2D eigenvalue weighted by atomic mass is 32.1. The highest BCUT2D eigenvalue weighted by Gasteiger charge is 2.24. The van der Waals surface area contributed by atoms with E-state index in [4.69, 9.17) is 22.7 Å². The van der Waals surface area contributed by atoms with Crippen molar-refractivity contribution in [3.63, 3.8) is 0 Å². The third kappa shape index (κ3) is 5.04. The van der Waals surface area contributed by atoms with Gasteiger partial charge >= 0.3 is 0 Å². The van der Waals surface area contributed by atoms with E-state index in [-0.39, 0.29) is 18.1 Å². The molecule has 0 aromatic carbocycles. The molecule has 0 saturated carbocycles. The lowest BCUT2D eigenvalue weighted by Crippen LogP contribution is -2.54. The molecule has 19 heavy (non-hydrogen) atoms. The molecule has 1 aliphatic rings. The molecule has 0 aliphatic carbocycles. The average molecular weight is 287 g/mol. The third-order valence-electron chi connectivity index (χ3n) is 3.79. The van der Waals surface area contributed by atoms with E-state index in [0.29, 0.717) is 11.4 Å². The number of rotatable bonds is 6. The van der Waals surface area contributed by atoms with Crippen molar-refractivity contribution in [3.05, 3.63) is 0 Å². The molecule has 6 heteroatoms. The van der Waals surface area contributed by atoms with E-state index in [1.807, 2.05) is 18.7 Å². The number of nitrogens with zero attached hydrogens (tertiary/aromatic N) is 2. The normalized spacial score (nSPS) is 20.1. The van der Waals surface area contributed by atoms with Gasteiger partial charge in [0.2, 0.25) is 5.91 Å². The molecule has 0 aromatic heterocycles. The van der Waals surface area contributed by atoms with Crippen LogP contribution in [0.5, 0.6) is 0 Å². The second-order valence-electron chi connectivity index (χ2n) is 5.08. The summed E-state index contributed by atoms with van der Waals surface area (Å²) in [5.74, 6) is 0.214. The zero-order chi connectivity index (χ0) is 14.4. The van der Waals surface area contributed by atoms with Crippen LogP contribution in [0.25, 0.3) is 0 Å². The first kappa shape index (κ1) is 16.3. The predicted molar refractivity (Wildman–Crippen MR) is 80.1 cm³/mol. The molecule has 1 saturated heterocycles. The van der Waals surface area contributed by atoms with Gasteiger partial charge in [-0.1, -0.05) is 12.2 Å². The van der Waals surface area contributed by atoms with Gasteiger partial charge in [-0.25, -0.2) is 0 Å². The van der Waals surface area contributed by atoms with Crippen molar-refractivity contribution in [2.24, 2.45) is 5.73 Å². The van der Waals surface area contributed by atoms with Gasteiger partial charge in [-0.15, -0.1) is 0 Å². The minimum Gasteiger partial charge on any atom is -0.392 e. The highest BCUT2D eigenvalue weighted by Crippen LogP contribution is 2.10. The topological polar surface area (TPSA) is 58.8 Å². The van der Waals surface area contributed by atoms with E-state index < -0.39 is 0 Å². The Balaban J connectivity index is 2.33. The molecule has 2 unspecified atom stereocenters. The van der Waals surface area contributed by atoms with Crippen LogP contribution in [0.2, 0.25) is 0 Å². The van der Waals surface area contributed by atoms with Gasteiger partial charge in [0.1, 0.15) is 0 Å². The van der Waals surface area contributed by atoms with Crippen LogP contribution < -0.4 is 5.73 Å². The smallest absolute Gasteiger partial charge is 0.222 e. The Hall–Kier alpha value is -0.720. The Morgan fingerprint density at radius 2 is 1.89 bits per heavy atom. The molecule has 1 fully saturated rings. The Labute approximate surface area is 121 Å². The maximum atomic E-state index is 12.0. The monoisotopic (exact) mass is 287 g/mol. The van der Waals surface area contributed by atoms with Crippen molar-refractivity contribution in [1.82, 2.24) is 9.80 Å². The second-order valence-corrected chi connectivity index (χ2v) is 5.55. The van der Waals surface area contributed by atoms with Crippen molar-refractivity contribution >= 4 is 23.1 Å². The molecular weight excluding hydrogens is 262 g/mol. The Morgan fingerprint density at radius 1 is 1.32 bits per heavy atom. The minimum absolute atomic E-state index is 0.112. The predicted octanol–water partition coefficient (Wildman–Crippen LogP) is 0.620. The minimum atomic E-state index is 0.112. The lowest BCUT2D eigenvalue weighted by molar-refractivity contribution is -0.133. The zero-order valence-corrected chi connectivity index (χ0v) is 12.9. The fourth-order valence-corrected chi connectivity index (χ4v) is 2.29. The molecule has 2 atom stereocenters. The van der Waals surface area contributed by atoms with Crippen LogP contribution in [0.15, 0.2) is 0 Å². The number of methoxy groups -OCH3 is 1. The quantitative estimate of drug-likeness (QED) is 0.726. The molecule has 0 aromatic rings. The standard InChI is InChI=1S/C13H25N3O2S/c1-10(18-3)4-5-12(17)16-8-6-15(7-9-16)11(2)13(14)19/h10-11H,4-9H2,1-3H3,(H2,14,19). The summed E-state index contributed by atoms with van der Waals surface area (Å²) in [4.78, 5) is 16.7. The van der Waals surface area contributed by atoms with E-state index in [2.05, 4.69) is 4.90 Å². The maximum absolute atomic E-state index is 12.0. The van der Waals surface area contributed by atoms with Crippen LogP contribution in [0.1, 0.15) is 26.7 Å². The van der Waals surface area contributed by atoms with Gasteiger partial charge in [-0.05, 0) is 20.3 Å². The Morgan fingerprint density at radius 3 is 2.37 bits per heavy atom. The molecule has 5 nitrogen and oxygen atoms in total. The fraction of sp³-hybridized carbons (Fsp3) is 0.846. The summed E-state index contributed by atoms with van der Waals surface area (Å²) < 4.78 is 5.16. The van der Waals surface area contributed by atoms with Crippen LogP contribution >= 0.6 is 12.2 Å². The van der Waals surface area contributed by atoms with Gasteiger partial charge in [0.25, 0.3) is 0 Å². The molecule has 110 valence electrons. The van der Waals surface area contributed by atoms with Crippen LogP contribution in [0.3, 0.4) is 0 Å². The fourth-order valence-electron chi connectivity index (χ4n) is 2.14. The first-order chi connectivity index (χ1) is 8.95. The number of carbonyl (C=O) groups excluding carboxylic acids is 1. The van der Waals surface area contributed by atoms with E-state index in [1.54, 1.807) is 7.11 Å². The van der Waals surface area contributed by atoms with E-state index >= 15 is 0 Å². The molecule has 0 spiro atoms. The molecule has 1 rings (SSSR count). The van der Waals surface area contributed by atoms with Crippen molar-refractivity contribution < 1.29 is 9.53 Å². The van der Waals surface area contributed by atoms with Crippen molar-refractivity contribution in [1.29, 1.82) is 0 Å². The number of carbonyl (C=O) groups is 1. The largest absolute Gasteiger partial charge is 0.392 e. The van der Waals surface area contributed by atoms with E-state index in [9.17, 15) is 4.79 Å². The van der Waals surface area contributed by atoms with Crippen molar-refractivity contribution in [2.75, 3.05) is 33.3 Å². The Bertz CT molecular complexity index is 317. The first-order valence-corrected chi connectivity index (χ1v) is 7.20. The number of hydrogen-bond donors (Lipinski definition) is 1. The number of nitrogens with two attached hydrogens (primary N) is 1. The van der Waals surface area contributed by atoms with Gasteiger partial charge in [-0.2, -0.15) is 0 Å². The number of amides is 1. The summed E-state index contributed by atoms with van der Waals surface area (Å²) >= 11 is 5.01. The average Bonchev–Trinajstić information content (AvgIpc) is 2.43. The molecule has 0 radical (unpaired) electrons. The summed E-state index contributed by atoms with van der Waals surface area (Å²) in [6.45, 7) is 7.18. The number of piperazine rings is 1. The third-order valence-corrected chi connectivity index (χ3v) is 4.13. The molecule has 1 heterocycles. The van der Waals surface area contributed by atoms with E-state index in [1.165, 1.54) is 0 Å². The molecule has 2 N–H and O–H groups in total. The summed E-state index contributed by atoms with van der Waals surface area (Å²) in [5, 5.41) is 0. The molecule has 1 amide bonds. The SMILES string of the molecule is COC(C)CCC(=O)N1CCN(C(C)C(N)=S)CC1. The van der Waals surface area contributed by atoms with Gasteiger partial charge in [0.15, 0.2) is 0 Å². The molecule has 0 bridgehead atoms. The van der Waals surface area contributed by atoms with Crippen LogP contribution in [-0.2, 0) is 9.53 Å². The van der Waals surface area contributed by atoms with Gasteiger partial charge < -0.3 is 15.4 Å². The molecular formula is C13H25N3O2S.